The Morgan fingerprint density at radius 3 is 2.65 bits per heavy atom. The molecule has 0 N–H and O–H groups in total. The molecule has 1 atom stereocenters. The molecule has 0 aliphatic heterocycles. The molecule has 1 aliphatic rings. The molecule has 0 bridgehead atoms. The van der Waals surface area contributed by atoms with Crippen LogP contribution in [0.3, 0.4) is 0 Å². The van der Waals surface area contributed by atoms with Gasteiger partial charge in [-0.25, -0.2) is 4.79 Å². The van der Waals surface area contributed by atoms with E-state index < -0.39 is 5.97 Å². The van der Waals surface area contributed by atoms with Crippen molar-refractivity contribution < 1.29 is 19.3 Å². The lowest BCUT2D eigenvalue weighted by Gasteiger charge is -2.27. The summed E-state index contributed by atoms with van der Waals surface area (Å²) in [6.45, 7) is 2.13. The topological polar surface area (TPSA) is 44.8 Å². The van der Waals surface area contributed by atoms with Gasteiger partial charge in [-0.05, 0) is 43.0 Å². The molecule has 0 amide bonds. The fourth-order valence-electron chi connectivity index (χ4n) is 2.46. The summed E-state index contributed by atoms with van der Waals surface area (Å²) in [7, 11) is 1.58. The standard InChI is InChI=1S/C16H21O4/c1-3-12-6-4-5-7-15(12)19-20-16(17)13-8-10-14(18-2)11-9-13/h8-12H,3-7H2,1-2H3. The van der Waals surface area contributed by atoms with Crippen molar-refractivity contribution in [3.63, 3.8) is 0 Å². The highest BCUT2D eigenvalue weighted by Gasteiger charge is 2.28. The first-order valence-corrected chi connectivity index (χ1v) is 7.13. The van der Waals surface area contributed by atoms with Crippen molar-refractivity contribution in [1.29, 1.82) is 0 Å². The second kappa shape index (κ2) is 7.29. The van der Waals surface area contributed by atoms with E-state index in [0.717, 1.165) is 31.8 Å². The number of carbonyl (C=O) groups is 1. The zero-order chi connectivity index (χ0) is 14.4. The number of carbonyl (C=O) groups excluding carboxylic acids is 1. The predicted octanol–water partition coefficient (Wildman–Crippen LogP) is 3.92. The van der Waals surface area contributed by atoms with Gasteiger partial charge in [0.2, 0.25) is 0 Å². The third kappa shape index (κ3) is 3.73. The van der Waals surface area contributed by atoms with Gasteiger partial charge in [0.25, 0.3) is 0 Å². The van der Waals surface area contributed by atoms with E-state index in [1.165, 1.54) is 6.42 Å². The first kappa shape index (κ1) is 14.9. The molecule has 1 aromatic carbocycles. The summed E-state index contributed by atoms with van der Waals surface area (Å²) in [6.07, 6.45) is 6.25. The van der Waals surface area contributed by atoms with E-state index in [9.17, 15) is 4.79 Å². The highest BCUT2D eigenvalue weighted by molar-refractivity contribution is 5.89. The molecule has 109 valence electrons. The molecule has 0 saturated heterocycles. The van der Waals surface area contributed by atoms with Crippen LogP contribution in [0.25, 0.3) is 0 Å². The average molecular weight is 277 g/mol. The molecule has 0 heterocycles. The van der Waals surface area contributed by atoms with Gasteiger partial charge >= 0.3 is 5.97 Å². The van der Waals surface area contributed by atoms with Crippen LogP contribution in [-0.4, -0.2) is 13.1 Å². The molecule has 2 rings (SSSR count). The van der Waals surface area contributed by atoms with Crippen LogP contribution in [0.1, 0.15) is 49.4 Å². The van der Waals surface area contributed by atoms with E-state index in [2.05, 4.69) is 6.92 Å². The Hall–Kier alpha value is -1.55. The fourth-order valence-corrected chi connectivity index (χ4v) is 2.46. The third-order valence-corrected chi connectivity index (χ3v) is 3.72. The van der Waals surface area contributed by atoms with Gasteiger partial charge in [-0.2, -0.15) is 4.89 Å². The quantitative estimate of drug-likeness (QED) is 0.604. The minimum Gasteiger partial charge on any atom is -0.497 e. The van der Waals surface area contributed by atoms with Crippen molar-refractivity contribution >= 4 is 5.97 Å². The van der Waals surface area contributed by atoms with Crippen molar-refractivity contribution in [2.24, 2.45) is 5.92 Å². The van der Waals surface area contributed by atoms with E-state index in [1.807, 2.05) is 0 Å². The summed E-state index contributed by atoms with van der Waals surface area (Å²) >= 11 is 0. The first-order chi connectivity index (χ1) is 9.74. The Balaban J connectivity index is 1.87. The highest BCUT2D eigenvalue weighted by atomic mass is 17.2. The lowest BCUT2D eigenvalue weighted by Crippen LogP contribution is -2.21. The van der Waals surface area contributed by atoms with E-state index in [4.69, 9.17) is 14.5 Å². The second-order valence-electron chi connectivity index (χ2n) is 5.00. The maximum Gasteiger partial charge on any atom is 0.373 e. The van der Waals surface area contributed by atoms with Gasteiger partial charge in [0.15, 0.2) is 6.10 Å². The van der Waals surface area contributed by atoms with E-state index in [0.29, 0.717) is 17.2 Å². The number of hydrogen-bond acceptors (Lipinski definition) is 4. The smallest absolute Gasteiger partial charge is 0.373 e. The van der Waals surface area contributed by atoms with Crippen molar-refractivity contribution in [2.75, 3.05) is 7.11 Å². The van der Waals surface area contributed by atoms with Gasteiger partial charge in [-0.3, -0.25) is 4.89 Å². The molecular formula is C16H21O4. The Bertz CT molecular complexity index is 427. The molecule has 1 saturated carbocycles. The van der Waals surface area contributed by atoms with Crippen molar-refractivity contribution in [1.82, 2.24) is 0 Å². The lowest BCUT2D eigenvalue weighted by atomic mass is 9.85. The Morgan fingerprint density at radius 2 is 2.00 bits per heavy atom. The van der Waals surface area contributed by atoms with Crippen LogP contribution in [0.4, 0.5) is 0 Å². The van der Waals surface area contributed by atoms with Crippen LogP contribution in [0.2, 0.25) is 0 Å². The zero-order valence-corrected chi connectivity index (χ0v) is 12.1. The lowest BCUT2D eigenvalue weighted by molar-refractivity contribution is -0.247. The zero-order valence-electron chi connectivity index (χ0n) is 12.1. The molecule has 0 aromatic heterocycles. The summed E-state index contributed by atoms with van der Waals surface area (Å²) in [5, 5.41) is 0. The molecule has 1 aromatic rings. The van der Waals surface area contributed by atoms with Crippen molar-refractivity contribution in [3.8, 4) is 5.75 Å². The Labute approximate surface area is 120 Å². The third-order valence-electron chi connectivity index (χ3n) is 3.72. The summed E-state index contributed by atoms with van der Waals surface area (Å²) in [5.74, 6) is 0.642. The molecular weight excluding hydrogens is 256 g/mol. The first-order valence-electron chi connectivity index (χ1n) is 7.13. The van der Waals surface area contributed by atoms with Gasteiger partial charge in [-0.15, -0.1) is 0 Å². The summed E-state index contributed by atoms with van der Waals surface area (Å²) < 4.78 is 5.05. The maximum atomic E-state index is 11.9. The molecule has 1 radical (unpaired) electrons. The SMILES string of the molecule is CCC1CCCC[C]1OOC(=O)c1ccc(OC)cc1. The van der Waals surface area contributed by atoms with Gasteiger partial charge in [0, 0.05) is 0 Å². The van der Waals surface area contributed by atoms with E-state index in [-0.39, 0.29) is 0 Å². The summed E-state index contributed by atoms with van der Waals surface area (Å²) in [5.41, 5.74) is 0.454. The summed E-state index contributed by atoms with van der Waals surface area (Å²) in [4.78, 5) is 22.1. The molecule has 1 aliphatic carbocycles. The normalized spacial score (nSPS) is 19.6. The largest absolute Gasteiger partial charge is 0.497 e. The summed E-state index contributed by atoms with van der Waals surface area (Å²) in [6, 6.07) is 6.76. The number of hydrogen-bond donors (Lipinski definition) is 0. The number of rotatable bonds is 5. The molecule has 0 spiro atoms. The molecule has 20 heavy (non-hydrogen) atoms. The minimum atomic E-state index is -0.472. The number of benzene rings is 1. The van der Waals surface area contributed by atoms with Gasteiger partial charge in [-0.1, -0.05) is 26.2 Å². The average Bonchev–Trinajstić information content (AvgIpc) is 2.53. The predicted molar refractivity (Wildman–Crippen MR) is 75.0 cm³/mol. The van der Waals surface area contributed by atoms with Gasteiger partial charge in [0.1, 0.15) is 5.75 Å². The molecule has 1 fully saturated rings. The van der Waals surface area contributed by atoms with Crippen LogP contribution in [-0.2, 0) is 9.78 Å². The molecule has 4 nitrogen and oxygen atoms in total. The Kier molecular flexibility index (Phi) is 5.41. The molecule has 4 heteroatoms. The van der Waals surface area contributed by atoms with E-state index in [1.54, 1.807) is 31.4 Å². The van der Waals surface area contributed by atoms with Crippen molar-refractivity contribution in [3.05, 3.63) is 35.9 Å². The highest BCUT2D eigenvalue weighted by Crippen LogP contribution is 2.34. The Morgan fingerprint density at radius 1 is 1.25 bits per heavy atom. The van der Waals surface area contributed by atoms with Gasteiger partial charge in [0.05, 0.1) is 12.7 Å². The fraction of sp³-hybridized carbons (Fsp3) is 0.500. The van der Waals surface area contributed by atoms with Crippen LogP contribution >= 0.6 is 0 Å². The second-order valence-corrected chi connectivity index (χ2v) is 5.00. The molecule has 1 unspecified atom stereocenters. The van der Waals surface area contributed by atoms with Crippen LogP contribution < -0.4 is 4.74 Å². The maximum absolute atomic E-state index is 11.9. The number of methoxy groups -OCH3 is 1. The van der Waals surface area contributed by atoms with Crippen molar-refractivity contribution in [2.45, 2.75) is 39.0 Å². The minimum absolute atomic E-state index is 0.410. The van der Waals surface area contributed by atoms with Crippen LogP contribution in [0, 0.1) is 12.0 Å². The number of ether oxygens (including phenoxy) is 1. The monoisotopic (exact) mass is 277 g/mol. The van der Waals surface area contributed by atoms with Crippen LogP contribution in [0.5, 0.6) is 5.75 Å². The van der Waals surface area contributed by atoms with E-state index >= 15 is 0 Å². The van der Waals surface area contributed by atoms with Crippen LogP contribution in [0.15, 0.2) is 24.3 Å². The van der Waals surface area contributed by atoms with Gasteiger partial charge < -0.3 is 4.74 Å².